The van der Waals surface area contributed by atoms with Crippen LogP contribution in [0.5, 0.6) is 0 Å². The minimum atomic E-state index is -0.116. The molecule has 4 aromatic rings. The molecule has 4 rings (SSSR count). The number of fused-ring (bicyclic) bond motifs is 1. The lowest BCUT2D eigenvalue weighted by atomic mass is 10.1. The molecule has 0 radical (unpaired) electrons. The number of nitrogens with one attached hydrogen (secondary N) is 1. The average Bonchev–Trinajstić information content (AvgIpc) is 3.13. The number of hydrogen-bond donors (Lipinski definition) is 1. The molecule has 27 heavy (non-hydrogen) atoms. The Morgan fingerprint density at radius 1 is 1.11 bits per heavy atom. The number of hydrogen-bond acceptors (Lipinski definition) is 5. The number of anilines is 1. The molecule has 0 aliphatic carbocycles. The number of nitrogens with zero attached hydrogens (tertiary/aromatic N) is 5. The summed E-state index contributed by atoms with van der Waals surface area (Å²) in [5.41, 5.74) is 3.88. The van der Waals surface area contributed by atoms with E-state index < -0.39 is 0 Å². The highest BCUT2D eigenvalue weighted by Gasteiger charge is 2.08. The lowest BCUT2D eigenvalue weighted by Gasteiger charge is -2.06. The normalized spacial score (nSPS) is 10.9. The molecule has 0 aliphatic heterocycles. The van der Waals surface area contributed by atoms with Gasteiger partial charge in [-0.05, 0) is 35.7 Å². The summed E-state index contributed by atoms with van der Waals surface area (Å²) in [5.74, 6) is 0.195. The van der Waals surface area contributed by atoms with Crippen LogP contribution in [-0.4, -0.2) is 30.6 Å². The van der Waals surface area contributed by atoms with Crippen molar-refractivity contribution in [3.05, 3.63) is 66.9 Å². The molecule has 0 saturated heterocycles. The number of carbonyl (C=O) groups is 1. The molecule has 0 aliphatic rings. The molecule has 134 valence electrons. The monoisotopic (exact) mass is 358 g/mol. The molecule has 3 heterocycles. The van der Waals surface area contributed by atoms with E-state index >= 15 is 0 Å². The Balaban J connectivity index is 1.49. The van der Waals surface area contributed by atoms with Crippen LogP contribution in [0.2, 0.25) is 0 Å². The van der Waals surface area contributed by atoms with E-state index in [4.69, 9.17) is 0 Å². The van der Waals surface area contributed by atoms with Crippen molar-refractivity contribution in [1.29, 1.82) is 0 Å². The molecule has 1 N–H and O–H groups in total. The van der Waals surface area contributed by atoms with Gasteiger partial charge in [0.1, 0.15) is 0 Å². The highest BCUT2D eigenvalue weighted by molar-refractivity contribution is 5.91. The van der Waals surface area contributed by atoms with E-state index in [0.717, 1.165) is 27.6 Å². The van der Waals surface area contributed by atoms with Gasteiger partial charge < -0.3 is 0 Å². The first-order valence-corrected chi connectivity index (χ1v) is 8.62. The SMILES string of the molecule is Cn1cc(-c2ccc3cnc(NC(=O)CCc4ccncc4)nc3c2)cn1. The van der Waals surface area contributed by atoms with Crippen LogP contribution in [-0.2, 0) is 18.3 Å². The molecule has 0 atom stereocenters. The van der Waals surface area contributed by atoms with Gasteiger partial charge in [0.05, 0.1) is 11.7 Å². The molecule has 3 aromatic heterocycles. The van der Waals surface area contributed by atoms with E-state index in [-0.39, 0.29) is 5.91 Å². The van der Waals surface area contributed by atoms with Crippen LogP contribution < -0.4 is 5.32 Å². The summed E-state index contributed by atoms with van der Waals surface area (Å²) in [4.78, 5) is 24.9. The number of carbonyl (C=O) groups excluding carboxylic acids is 1. The van der Waals surface area contributed by atoms with Crippen LogP contribution in [0.4, 0.5) is 5.95 Å². The number of aryl methyl sites for hydroxylation is 2. The first-order valence-electron chi connectivity index (χ1n) is 8.62. The molecule has 0 unspecified atom stereocenters. The number of aromatic nitrogens is 5. The number of rotatable bonds is 5. The summed E-state index contributed by atoms with van der Waals surface area (Å²) < 4.78 is 1.76. The Labute approximate surface area is 156 Å². The van der Waals surface area contributed by atoms with Crippen molar-refractivity contribution in [2.24, 2.45) is 7.05 Å². The van der Waals surface area contributed by atoms with Gasteiger partial charge in [0.15, 0.2) is 0 Å². The molecule has 1 amide bonds. The Morgan fingerprint density at radius 2 is 1.96 bits per heavy atom. The van der Waals surface area contributed by atoms with Crippen molar-refractivity contribution in [1.82, 2.24) is 24.7 Å². The van der Waals surface area contributed by atoms with Gasteiger partial charge in [-0.3, -0.25) is 19.8 Å². The third kappa shape index (κ3) is 3.98. The smallest absolute Gasteiger partial charge is 0.229 e. The quantitative estimate of drug-likeness (QED) is 0.593. The second kappa shape index (κ2) is 7.33. The van der Waals surface area contributed by atoms with Crippen molar-refractivity contribution < 1.29 is 4.79 Å². The van der Waals surface area contributed by atoms with Gasteiger partial charge in [-0.2, -0.15) is 5.10 Å². The molecule has 0 fully saturated rings. The fraction of sp³-hybridized carbons (Fsp3) is 0.150. The zero-order chi connectivity index (χ0) is 18.6. The fourth-order valence-corrected chi connectivity index (χ4v) is 2.83. The van der Waals surface area contributed by atoms with E-state index in [2.05, 4.69) is 25.4 Å². The first-order chi connectivity index (χ1) is 13.2. The molecule has 0 saturated carbocycles. The predicted molar refractivity (Wildman–Crippen MR) is 103 cm³/mol. The van der Waals surface area contributed by atoms with Crippen LogP contribution in [0.25, 0.3) is 22.0 Å². The molecule has 0 spiro atoms. The highest BCUT2D eigenvalue weighted by Crippen LogP contribution is 2.23. The Bertz CT molecular complexity index is 1090. The lowest BCUT2D eigenvalue weighted by molar-refractivity contribution is -0.116. The largest absolute Gasteiger partial charge is 0.295 e. The number of amides is 1. The lowest BCUT2D eigenvalue weighted by Crippen LogP contribution is -2.14. The van der Waals surface area contributed by atoms with Gasteiger partial charge in [-0.15, -0.1) is 0 Å². The van der Waals surface area contributed by atoms with Crippen molar-refractivity contribution >= 4 is 22.8 Å². The first kappa shape index (κ1) is 16.8. The van der Waals surface area contributed by atoms with Crippen LogP contribution in [0.1, 0.15) is 12.0 Å². The van der Waals surface area contributed by atoms with Crippen molar-refractivity contribution in [3.8, 4) is 11.1 Å². The summed E-state index contributed by atoms with van der Waals surface area (Å²) in [7, 11) is 1.88. The number of pyridine rings is 1. The third-order valence-corrected chi connectivity index (χ3v) is 4.26. The highest BCUT2D eigenvalue weighted by atomic mass is 16.1. The minimum Gasteiger partial charge on any atom is -0.295 e. The van der Waals surface area contributed by atoms with Crippen molar-refractivity contribution in [2.75, 3.05) is 5.32 Å². The topological polar surface area (TPSA) is 85.6 Å². The minimum absolute atomic E-state index is 0.116. The van der Waals surface area contributed by atoms with Crippen LogP contribution >= 0.6 is 0 Å². The van der Waals surface area contributed by atoms with Gasteiger partial charge in [-0.1, -0.05) is 12.1 Å². The summed E-state index contributed by atoms with van der Waals surface area (Å²) >= 11 is 0. The molecule has 7 heteroatoms. The zero-order valence-electron chi connectivity index (χ0n) is 14.8. The standard InChI is InChI=1S/C20H18N6O/c1-26-13-17(12-23-26)15-3-4-16-11-22-20(24-18(16)10-15)25-19(27)5-2-14-6-8-21-9-7-14/h3-4,6-13H,2,5H2,1H3,(H,22,24,25,27). The molecular formula is C20H18N6O. The van der Waals surface area contributed by atoms with Gasteiger partial charge >= 0.3 is 0 Å². The number of benzene rings is 1. The van der Waals surface area contributed by atoms with Crippen LogP contribution in [0.15, 0.2) is 61.3 Å². The average molecular weight is 358 g/mol. The second-order valence-electron chi connectivity index (χ2n) is 6.27. The van der Waals surface area contributed by atoms with E-state index in [1.807, 2.05) is 49.8 Å². The molecule has 0 bridgehead atoms. The Hall–Kier alpha value is -3.61. The maximum absolute atomic E-state index is 12.2. The van der Waals surface area contributed by atoms with Gasteiger partial charge in [0, 0.05) is 49.2 Å². The maximum atomic E-state index is 12.2. The van der Waals surface area contributed by atoms with Gasteiger partial charge in [-0.25, -0.2) is 9.97 Å². The van der Waals surface area contributed by atoms with Gasteiger partial charge in [0.25, 0.3) is 0 Å². The Morgan fingerprint density at radius 3 is 2.74 bits per heavy atom. The third-order valence-electron chi connectivity index (χ3n) is 4.26. The molecule has 1 aromatic carbocycles. The zero-order valence-corrected chi connectivity index (χ0v) is 14.8. The summed E-state index contributed by atoms with van der Waals surface area (Å²) in [6, 6.07) is 9.75. The van der Waals surface area contributed by atoms with Crippen molar-refractivity contribution in [3.63, 3.8) is 0 Å². The summed E-state index contributed by atoms with van der Waals surface area (Å²) in [6.07, 6.45) is 9.93. The summed E-state index contributed by atoms with van der Waals surface area (Å²) in [5, 5.41) is 7.89. The second-order valence-corrected chi connectivity index (χ2v) is 6.27. The molecule has 7 nitrogen and oxygen atoms in total. The van der Waals surface area contributed by atoms with E-state index in [1.165, 1.54) is 0 Å². The van der Waals surface area contributed by atoms with Crippen molar-refractivity contribution in [2.45, 2.75) is 12.8 Å². The van der Waals surface area contributed by atoms with Crippen LogP contribution in [0.3, 0.4) is 0 Å². The summed E-state index contributed by atoms with van der Waals surface area (Å²) in [6.45, 7) is 0. The van der Waals surface area contributed by atoms with E-state index in [9.17, 15) is 4.79 Å². The predicted octanol–water partition coefficient (Wildman–Crippen LogP) is 3.00. The van der Waals surface area contributed by atoms with E-state index in [0.29, 0.717) is 18.8 Å². The van der Waals surface area contributed by atoms with E-state index in [1.54, 1.807) is 23.3 Å². The van der Waals surface area contributed by atoms with Crippen LogP contribution in [0, 0.1) is 0 Å². The fourth-order valence-electron chi connectivity index (χ4n) is 2.83. The maximum Gasteiger partial charge on any atom is 0.229 e. The van der Waals surface area contributed by atoms with Gasteiger partial charge in [0.2, 0.25) is 11.9 Å². The molecular weight excluding hydrogens is 340 g/mol. The Kier molecular flexibility index (Phi) is 4.57.